The second-order valence-electron chi connectivity index (χ2n) is 5.76. The molecule has 0 aliphatic carbocycles. The summed E-state index contributed by atoms with van der Waals surface area (Å²) in [5, 5.41) is 0. The molecule has 1 N–H and O–H groups in total. The molecule has 0 atom stereocenters. The third-order valence-corrected chi connectivity index (χ3v) is 5.78. The van der Waals surface area contributed by atoms with E-state index in [9.17, 15) is 13.2 Å². The quantitative estimate of drug-likeness (QED) is 0.859. The predicted octanol–water partition coefficient (Wildman–Crippen LogP) is 3.51. The molecule has 0 unspecified atom stereocenters. The topological polar surface area (TPSA) is 72.5 Å². The maximum Gasteiger partial charge on any atom is 0.337 e. The Morgan fingerprint density at radius 1 is 0.958 bits per heavy atom. The minimum Gasteiger partial charge on any atom is -0.465 e. The van der Waals surface area contributed by atoms with Crippen molar-refractivity contribution in [1.82, 2.24) is 0 Å². The number of benzene rings is 2. The van der Waals surface area contributed by atoms with Gasteiger partial charge in [-0.05, 0) is 74.2 Å². The summed E-state index contributed by atoms with van der Waals surface area (Å²) in [6, 6.07) is 8.10. The molecule has 0 fully saturated rings. The van der Waals surface area contributed by atoms with Gasteiger partial charge in [0.05, 0.1) is 17.6 Å². The number of hydrogen-bond donors (Lipinski definition) is 1. The van der Waals surface area contributed by atoms with Gasteiger partial charge >= 0.3 is 5.97 Å². The van der Waals surface area contributed by atoms with E-state index in [-0.39, 0.29) is 0 Å². The average molecular weight is 347 g/mol. The van der Waals surface area contributed by atoms with Gasteiger partial charge in [-0.25, -0.2) is 13.2 Å². The fourth-order valence-electron chi connectivity index (χ4n) is 2.58. The second kappa shape index (κ2) is 6.65. The molecule has 128 valence electrons. The Balaban J connectivity index is 2.41. The molecule has 0 spiro atoms. The zero-order valence-corrected chi connectivity index (χ0v) is 15.2. The lowest BCUT2D eigenvalue weighted by Crippen LogP contribution is -2.17. The van der Waals surface area contributed by atoms with Crippen LogP contribution in [0.3, 0.4) is 0 Å². The molecule has 0 aliphatic rings. The minimum absolute atomic E-state index is 0.303. The Kier molecular flexibility index (Phi) is 4.99. The monoisotopic (exact) mass is 347 g/mol. The highest BCUT2D eigenvalue weighted by molar-refractivity contribution is 7.92. The van der Waals surface area contributed by atoms with Crippen molar-refractivity contribution >= 4 is 21.7 Å². The molecule has 6 heteroatoms. The molecule has 0 aliphatic heterocycles. The summed E-state index contributed by atoms with van der Waals surface area (Å²) in [6.07, 6.45) is 0. The normalized spacial score (nSPS) is 11.2. The summed E-state index contributed by atoms with van der Waals surface area (Å²) in [5.41, 5.74) is 4.08. The van der Waals surface area contributed by atoms with E-state index in [2.05, 4.69) is 9.46 Å². The minimum atomic E-state index is -3.72. The highest BCUT2D eigenvalue weighted by Crippen LogP contribution is 2.27. The number of aryl methyl sites for hydroxylation is 2. The SMILES string of the molecule is COC(=O)c1ccc(NS(=O)(=O)c2c(C)c(C)cc(C)c2C)cc1. The van der Waals surface area contributed by atoms with Gasteiger partial charge in [-0.1, -0.05) is 6.07 Å². The lowest BCUT2D eigenvalue weighted by Gasteiger charge is -2.16. The van der Waals surface area contributed by atoms with Crippen LogP contribution in [0.15, 0.2) is 35.2 Å². The van der Waals surface area contributed by atoms with Crippen molar-refractivity contribution in [1.29, 1.82) is 0 Å². The van der Waals surface area contributed by atoms with E-state index < -0.39 is 16.0 Å². The lowest BCUT2D eigenvalue weighted by molar-refractivity contribution is 0.0601. The van der Waals surface area contributed by atoms with E-state index in [1.54, 1.807) is 13.8 Å². The van der Waals surface area contributed by atoms with Gasteiger partial charge < -0.3 is 4.74 Å². The molecule has 0 heterocycles. The van der Waals surface area contributed by atoms with Crippen molar-refractivity contribution in [2.24, 2.45) is 0 Å². The number of rotatable bonds is 4. The third-order valence-electron chi connectivity index (χ3n) is 4.12. The van der Waals surface area contributed by atoms with Gasteiger partial charge in [0, 0.05) is 5.69 Å². The summed E-state index contributed by atoms with van der Waals surface area (Å²) in [5.74, 6) is -0.467. The molecule has 0 radical (unpaired) electrons. The van der Waals surface area contributed by atoms with E-state index in [1.807, 2.05) is 19.9 Å². The molecule has 0 bridgehead atoms. The van der Waals surface area contributed by atoms with Crippen LogP contribution in [0.1, 0.15) is 32.6 Å². The van der Waals surface area contributed by atoms with Gasteiger partial charge in [0.25, 0.3) is 10.0 Å². The highest BCUT2D eigenvalue weighted by atomic mass is 32.2. The number of methoxy groups -OCH3 is 1. The first-order chi connectivity index (χ1) is 11.2. The van der Waals surface area contributed by atoms with E-state index in [1.165, 1.54) is 31.4 Å². The van der Waals surface area contributed by atoms with E-state index in [0.29, 0.717) is 16.1 Å². The maximum atomic E-state index is 12.8. The fraction of sp³-hybridized carbons (Fsp3) is 0.278. The van der Waals surface area contributed by atoms with Gasteiger partial charge in [-0.2, -0.15) is 0 Å². The van der Waals surface area contributed by atoms with Gasteiger partial charge in [-0.15, -0.1) is 0 Å². The van der Waals surface area contributed by atoms with Crippen LogP contribution in [-0.2, 0) is 14.8 Å². The van der Waals surface area contributed by atoms with E-state index in [0.717, 1.165) is 22.3 Å². The third kappa shape index (κ3) is 3.43. The van der Waals surface area contributed by atoms with E-state index in [4.69, 9.17) is 0 Å². The predicted molar refractivity (Wildman–Crippen MR) is 94.0 cm³/mol. The smallest absolute Gasteiger partial charge is 0.337 e. The molecule has 24 heavy (non-hydrogen) atoms. The largest absolute Gasteiger partial charge is 0.465 e. The number of nitrogens with one attached hydrogen (secondary N) is 1. The summed E-state index contributed by atoms with van der Waals surface area (Å²) >= 11 is 0. The number of anilines is 1. The zero-order chi connectivity index (χ0) is 18.1. The number of sulfonamides is 1. The number of carbonyl (C=O) groups is 1. The van der Waals surface area contributed by atoms with Crippen LogP contribution in [0.4, 0.5) is 5.69 Å². The summed E-state index contributed by atoms with van der Waals surface area (Å²) in [6.45, 7) is 7.39. The van der Waals surface area contributed by atoms with Gasteiger partial charge in [0.2, 0.25) is 0 Å². The van der Waals surface area contributed by atoms with Gasteiger partial charge in [-0.3, -0.25) is 4.72 Å². The first-order valence-corrected chi connectivity index (χ1v) is 8.94. The molecular formula is C18H21NO4S. The Morgan fingerprint density at radius 3 is 1.92 bits per heavy atom. The van der Waals surface area contributed by atoms with Gasteiger partial charge in [0.1, 0.15) is 0 Å². The summed E-state index contributed by atoms with van der Waals surface area (Å²) < 4.78 is 32.8. The zero-order valence-electron chi connectivity index (χ0n) is 14.4. The number of hydrogen-bond acceptors (Lipinski definition) is 4. The first-order valence-electron chi connectivity index (χ1n) is 7.46. The molecule has 2 rings (SSSR count). The number of esters is 1. The highest BCUT2D eigenvalue weighted by Gasteiger charge is 2.22. The van der Waals surface area contributed by atoms with Crippen molar-refractivity contribution in [2.75, 3.05) is 11.8 Å². The number of ether oxygens (including phenoxy) is 1. The van der Waals surface area contributed by atoms with Crippen molar-refractivity contribution < 1.29 is 17.9 Å². The molecular weight excluding hydrogens is 326 g/mol. The molecule has 0 saturated carbocycles. The fourth-order valence-corrected chi connectivity index (χ4v) is 4.26. The van der Waals surface area contributed by atoms with Crippen LogP contribution in [0.2, 0.25) is 0 Å². The standard InChI is InChI=1S/C18H21NO4S/c1-11-10-12(2)14(4)17(13(11)3)24(21,22)19-16-8-6-15(7-9-16)18(20)23-5/h6-10,19H,1-5H3. The Hall–Kier alpha value is -2.34. The van der Waals surface area contributed by atoms with Gasteiger partial charge in [0.15, 0.2) is 0 Å². The van der Waals surface area contributed by atoms with Crippen molar-refractivity contribution in [3.8, 4) is 0 Å². The van der Waals surface area contributed by atoms with Crippen molar-refractivity contribution in [3.05, 3.63) is 58.1 Å². The summed E-state index contributed by atoms with van der Waals surface area (Å²) in [7, 11) is -2.43. The van der Waals surface area contributed by atoms with E-state index >= 15 is 0 Å². The lowest BCUT2D eigenvalue weighted by atomic mass is 10.0. The Morgan fingerprint density at radius 2 is 1.46 bits per heavy atom. The van der Waals surface area contributed by atoms with Crippen LogP contribution in [0.5, 0.6) is 0 Å². The molecule has 2 aromatic rings. The molecule has 0 saturated heterocycles. The molecule has 5 nitrogen and oxygen atoms in total. The van der Waals surface area contributed by atoms with Crippen molar-refractivity contribution in [3.63, 3.8) is 0 Å². The van der Waals surface area contributed by atoms with Crippen LogP contribution in [0, 0.1) is 27.7 Å². The summed E-state index contributed by atoms with van der Waals surface area (Å²) in [4.78, 5) is 11.7. The van der Waals surface area contributed by atoms with Crippen LogP contribution >= 0.6 is 0 Å². The second-order valence-corrected chi connectivity index (χ2v) is 7.38. The first kappa shape index (κ1) is 18.0. The Bertz CT molecular complexity index is 858. The molecule has 0 aromatic heterocycles. The molecule has 2 aromatic carbocycles. The Labute approximate surface area is 142 Å². The maximum absolute atomic E-state index is 12.8. The van der Waals surface area contributed by atoms with Crippen LogP contribution in [0.25, 0.3) is 0 Å². The average Bonchev–Trinajstić information content (AvgIpc) is 2.52. The molecule has 0 amide bonds. The number of carbonyl (C=O) groups excluding carboxylic acids is 1. The van der Waals surface area contributed by atoms with Crippen LogP contribution < -0.4 is 4.72 Å². The van der Waals surface area contributed by atoms with Crippen molar-refractivity contribution in [2.45, 2.75) is 32.6 Å². The van der Waals surface area contributed by atoms with Crippen LogP contribution in [-0.4, -0.2) is 21.5 Å².